The van der Waals surface area contributed by atoms with Crippen molar-refractivity contribution in [2.45, 2.75) is 19.3 Å². The van der Waals surface area contributed by atoms with Crippen LogP contribution in [0.3, 0.4) is 0 Å². The van der Waals surface area contributed by atoms with Crippen molar-refractivity contribution in [2.24, 2.45) is 5.92 Å². The summed E-state index contributed by atoms with van der Waals surface area (Å²) in [5.74, 6) is -0.876. The Morgan fingerprint density at radius 3 is 2.71 bits per heavy atom. The van der Waals surface area contributed by atoms with E-state index >= 15 is 0 Å². The van der Waals surface area contributed by atoms with Crippen LogP contribution in [0.1, 0.15) is 18.5 Å². The summed E-state index contributed by atoms with van der Waals surface area (Å²) < 4.78 is 27.8. The fourth-order valence-electron chi connectivity index (χ4n) is 2.75. The number of hydrogen-bond acceptors (Lipinski definition) is 6. The van der Waals surface area contributed by atoms with Crippen LogP contribution in [0.15, 0.2) is 28.8 Å². The molecule has 1 atom stereocenters. The molecular weight excluding hydrogens is 334 g/mol. The van der Waals surface area contributed by atoms with E-state index in [0.717, 1.165) is 5.39 Å². The maximum Gasteiger partial charge on any atom is 0.244 e. The number of carbonyl (C=O) groups is 2. The van der Waals surface area contributed by atoms with Crippen molar-refractivity contribution in [1.29, 1.82) is 0 Å². The fraction of sp³-hybridized carbons (Fsp3) is 0.400. The fourth-order valence-corrected chi connectivity index (χ4v) is 4.61. The van der Waals surface area contributed by atoms with Crippen LogP contribution in [0.4, 0.5) is 0 Å². The number of rotatable bonds is 4. The second-order valence-corrected chi connectivity index (χ2v) is 8.10. The highest BCUT2D eigenvalue weighted by Gasteiger charge is 2.29. The molecule has 1 aromatic heterocycles. The average molecular weight is 351 g/mol. The van der Waals surface area contributed by atoms with Crippen LogP contribution in [0.5, 0.6) is 0 Å². The van der Waals surface area contributed by atoms with Crippen LogP contribution in [0.2, 0.25) is 0 Å². The van der Waals surface area contributed by atoms with Gasteiger partial charge in [-0.3, -0.25) is 20.4 Å². The number of nitrogens with one attached hydrogen (secondary N) is 2. The molecule has 128 valence electrons. The molecule has 2 aromatic rings. The van der Waals surface area contributed by atoms with E-state index in [1.807, 2.05) is 6.07 Å². The van der Waals surface area contributed by atoms with Crippen LogP contribution in [-0.2, 0) is 25.8 Å². The second kappa shape index (κ2) is 6.60. The largest absolute Gasteiger partial charge is 0.356 e. The SMILES string of the molecule is O=C(Cc1noc2ccccc12)NNC(=O)C[C@@H]1CCS(=O)(=O)C1. The van der Waals surface area contributed by atoms with E-state index in [1.54, 1.807) is 18.2 Å². The molecule has 0 bridgehead atoms. The highest BCUT2D eigenvalue weighted by Crippen LogP contribution is 2.21. The summed E-state index contributed by atoms with van der Waals surface area (Å²) in [6, 6.07) is 7.17. The van der Waals surface area contributed by atoms with Crippen LogP contribution < -0.4 is 10.9 Å². The van der Waals surface area contributed by atoms with Gasteiger partial charge in [-0.15, -0.1) is 0 Å². The predicted molar refractivity (Wildman–Crippen MR) is 85.4 cm³/mol. The molecule has 1 aliphatic rings. The third kappa shape index (κ3) is 3.91. The van der Waals surface area contributed by atoms with Gasteiger partial charge in [0.05, 0.1) is 17.9 Å². The molecule has 0 unspecified atom stereocenters. The Hall–Kier alpha value is -2.42. The number of sulfone groups is 1. The molecule has 2 heterocycles. The van der Waals surface area contributed by atoms with Crippen molar-refractivity contribution >= 4 is 32.6 Å². The molecule has 3 rings (SSSR count). The van der Waals surface area contributed by atoms with Crippen LogP contribution in [0.25, 0.3) is 11.0 Å². The van der Waals surface area contributed by atoms with E-state index in [0.29, 0.717) is 17.7 Å². The van der Waals surface area contributed by atoms with Gasteiger partial charge >= 0.3 is 0 Å². The zero-order valence-electron chi connectivity index (χ0n) is 12.8. The highest BCUT2D eigenvalue weighted by atomic mass is 32.2. The molecule has 0 radical (unpaired) electrons. The molecular formula is C15H17N3O5S. The Labute approximate surface area is 138 Å². The number of hydrazine groups is 1. The zero-order valence-corrected chi connectivity index (χ0v) is 13.6. The summed E-state index contributed by atoms with van der Waals surface area (Å²) in [6.45, 7) is 0. The molecule has 9 heteroatoms. The molecule has 0 saturated carbocycles. The van der Waals surface area contributed by atoms with Crippen molar-refractivity contribution in [3.63, 3.8) is 0 Å². The van der Waals surface area contributed by atoms with Gasteiger partial charge in [0, 0.05) is 11.8 Å². The van der Waals surface area contributed by atoms with Crippen LogP contribution in [-0.4, -0.2) is 36.9 Å². The van der Waals surface area contributed by atoms with E-state index in [-0.39, 0.29) is 30.3 Å². The lowest BCUT2D eigenvalue weighted by Crippen LogP contribution is -2.43. The maximum absolute atomic E-state index is 11.9. The summed E-state index contributed by atoms with van der Waals surface area (Å²) in [5, 5.41) is 4.59. The first-order valence-corrected chi connectivity index (χ1v) is 9.36. The lowest BCUT2D eigenvalue weighted by Gasteiger charge is -2.09. The zero-order chi connectivity index (χ0) is 17.2. The number of carbonyl (C=O) groups excluding carboxylic acids is 2. The summed E-state index contributed by atoms with van der Waals surface area (Å²) in [4.78, 5) is 23.7. The molecule has 24 heavy (non-hydrogen) atoms. The minimum absolute atomic E-state index is 0.0271. The smallest absolute Gasteiger partial charge is 0.244 e. The lowest BCUT2D eigenvalue weighted by molar-refractivity contribution is -0.129. The first-order valence-electron chi connectivity index (χ1n) is 7.54. The number of fused-ring (bicyclic) bond motifs is 1. The number of aromatic nitrogens is 1. The van der Waals surface area contributed by atoms with Gasteiger partial charge in [-0.25, -0.2) is 8.42 Å². The quantitative estimate of drug-likeness (QED) is 0.767. The molecule has 0 aliphatic carbocycles. The molecule has 2 N–H and O–H groups in total. The van der Waals surface area contributed by atoms with Crippen molar-refractivity contribution in [2.75, 3.05) is 11.5 Å². The topological polar surface area (TPSA) is 118 Å². The molecule has 8 nitrogen and oxygen atoms in total. The third-order valence-corrected chi connectivity index (χ3v) is 5.76. The van der Waals surface area contributed by atoms with Gasteiger partial charge in [-0.1, -0.05) is 17.3 Å². The molecule has 0 spiro atoms. The van der Waals surface area contributed by atoms with Crippen molar-refractivity contribution in [3.8, 4) is 0 Å². The summed E-state index contributed by atoms with van der Waals surface area (Å²) >= 11 is 0. The number of hydrogen-bond donors (Lipinski definition) is 2. The van der Waals surface area contributed by atoms with E-state index < -0.39 is 21.7 Å². The Morgan fingerprint density at radius 1 is 1.21 bits per heavy atom. The number of nitrogens with zero attached hydrogens (tertiary/aromatic N) is 1. The predicted octanol–water partition coefficient (Wildman–Crippen LogP) is 0.343. The number of amides is 2. The highest BCUT2D eigenvalue weighted by molar-refractivity contribution is 7.91. The monoisotopic (exact) mass is 351 g/mol. The summed E-state index contributed by atoms with van der Waals surface area (Å²) in [6.07, 6.45) is 0.524. The Kier molecular flexibility index (Phi) is 4.52. The second-order valence-electron chi connectivity index (χ2n) is 5.87. The Bertz CT molecular complexity index is 874. The van der Waals surface area contributed by atoms with Gasteiger partial charge in [0.25, 0.3) is 0 Å². The first kappa shape index (κ1) is 16.4. The Balaban J connectivity index is 1.48. The molecule has 1 aliphatic heterocycles. The minimum atomic E-state index is -3.01. The minimum Gasteiger partial charge on any atom is -0.356 e. The Morgan fingerprint density at radius 2 is 1.96 bits per heavy atom. The molecule has 1 aromatic carbocycles. The van der Waals surface area contributed by atoms with E-state index in [4.69, 9.17) is 4.52 Å². The lowest BCUT2D eigenvalue weighted by atomic mass is 10.1. The van der Waals surface area contributed by atoms with Gasteiger partial charge in [0.1, 0.15) is 5.69 Å². The van der Waals surface area contributed by atoms with Crippen molar-refractivity contribution in [3.05, 3.63) is 30.0 Å². The molecule has 1 fully saturated rings. The standard InChI is InChI=1S/C15H17N3O5S/c19-14(7-10-5-6-24(21,22)9-10)16-17-15(20)8-12-11-3-1-2-4-13(11)23-18-12/h1-4,10H,5-9H2,(H,16,19)(H,17,20)/t10-/m0/s1. The van der Waals surface area contributed by atoms with E-state index in [1.165, 1.54) is 0 Å². The van der Waals surface area contributed by atoms with Crippen molar-refractivity contribution < 1.29 is 22.5 Å². The average Bonchev–Trinajstić information content (AvgIpc) is 3.09. The normalized spacial score (nSPS) is 19.2. The number of para-hydroxylation sites is 1. The summed E-state index contributed by atoms with van der Waals surface area (Å²) in [7, 11) is -3.01. The van der Waals surface area contributed by atoms with E-state index in [2.05, 4.69) is 16.0 Å². The molecule has 2 amide bonds. The van der Waals surface area contributed by atoms with Crippen LogP contribution in [0, 0.1) is 5.92 Å². The maximum atomic E-state index is 11.9. The summed E-state index contributed by atoms with van der Waals surface area (Å²) in [5.41, 5.74) is 5.69. The van der Waals surface area contributed by atoms with E-state index in [9.17, 15) is 18.0 Å². The van der Waals surface area contributed by atoms with Crippen molar-refractivity contribution in [1.82, 2.24) is 16.0 Å². The van der Waals surface area contributed by atoms with Gasteiger partial charge in [-0.05, 0) is 24.5 Å². The van der Waals surface area contributed by atoms with Crippen LogP contribution >= 0.6 is 0 Å². The van der Waals surface area contributed by atoms with Gasteiger partial charge in [-0.2, -0.15) is 0 Å². The van der Waals surface area contributed by atoms with Gasteiger partial charge < -0.3 is 4.52 Å². The van der Waals surface area contributed by atoms with Gasteiger partial charge in [0.2, 0.25) is 11.8 Å². The third-order valence-electron chi connectivity index (χ3n) is 3.92. The first-order chi connectivity index (χ1) is 11.4. The number of benzene rings is 1. The molecule has 1 saturated heterocycles. The van der Waals surface area contributed by atoms with Gasteiger partial charge in [0.15, 0.2) is 15.4 Å².